The van der Waals surface area contributed by atoms with E-state index in [0.717, 1.165) is 51.6 Å². The van der Waals surface area contributed by atoms with Gasteiger partial charge in [-0.2, -0.15) is 0 Å². The SMILES string of the molecule is CCCN(CCC)CCCCNC(=O)c1ccc(C(=O)N[C@@H](CC(C)C)C(=O)N[C@@H](CC(C)C)C(=O)N[C@H](C=O)CC(C)C)cc1. The van der Waals surface area contributed by atoms with E-state index in [0.29, 0.717) is 36.9 Å². The Labute approximate surface area is 277 Å². The van der Waals surface area contributed by atoms with E-state index < -0.39 is 35.8 Å². The first-order valence-electron chi connectivity index (χ1n) is 17.3. The maximum Gasteiger partial charge on any atom is 0.251 e. The molecule has 0 aliphatic carbocycles. The zero-order chi connectivity index (χ0) is 34.6. The number of aldehydes is 1. The van der Waals surface area contributed by atoms with Crippen LogP contribution in [0.2, 0.25) is 0 Å². The average molecular weight is 644 g/mol. The standard InChI is InChI=1S/C36H61N5O5/c1-9-18-41(19-10-2)20-12-11-17-37-33(43)28-13-15-29(16-14-28)34(44)39-32(23-27(7)8)36(46)40-31(22-26(5)6)35(45)38-30(24-42)21-25(3)4/h13-16,24-27,30-32H,9-12,17-23H2,1-8H3,(H,37,43)(H,38,45)(H,39,44)(H,40,46)/t30-,31-,32-/m0/s1. The van der Waals surface area contributed by atoms with Crippen LogP contribution >= 0.6 is 0 Å². The van der Waals surface area contributed by atoms with E-state index in [9.17, 15) is 24.0 Å². The summed E-state index contributed by atoms with van der Waals surface area (Å²) in [5.74, 6) is -1.11. The summed E-state index contributed by atoms with van der Waals surface area (Å²) in [5, 5.41) is 11.4. The van der Waals surface area contributed by atoms with Gasteiger partial charge < -0.3 is 31.0 Å². The Morgan fingerprint density at radius 3 is 1.61 bits per heavy atom. The molecule has 0 unspecified atom stereocenters. The van der Waals surface area contributed by atoms with Crippen LogP contribution < -0.4 is 21.3 Å². The molecule has 10 heteroatoms. The molecule has 4 amide bonds. The summed E-state index contributed by atoms with van der Waals surface area (Å²) < 4.78 is 0. The minimum Gasteiger partial charge on any atom is -0.352 e. The van der Waals surface area contributed by atoms with Gasteiger partial charge in [-0.25, -0.2) is 0 Å². The van der Waals surface area contributed by atoms with Crippen LogP contribution in [0.3, 0.4) is 0 Å². The number of benzene rings is 1. The lowest BCUT2D eigenvalue weighted by Gasteiger charge is -2.26. The van der Waals surface area contributed by atoms with Gasteiger partial charge in [0.1, 0.15) is 18.4 Å². The van der Waals surface area contributed by atoms with Crippen LogP contribution in [0.25, 0.3) is 0 Å². The topological polar surface area (TPSA) is 137 Å². The number of carbonyl (C=O) groups excluding carboxylic acids is 5. The number of amides is 4. The lowest BCUT2D eigenvalue weighted by atomic mass is 9.99. The van der Waals surface area contributed by atoms with Gasteiger partial charge in [-0.15, -0.1) is 0 Å². The summed E-state index contributed by atoms with van der Waals surface area (Å²) in [4.78, 5) is 66.4. The molecule has 10 nitrogen and oxygen atoms in total. The molecular weight excluding hydrogens is 582 g/mol. The zero-order valence-electron chi connectivity index (χ0n) is 29.6. The molecule has 1 aromatic carbocycles. The molecule has 3 atom stereocenters. The largest absolute Gasteiger partial charge is 0.352 e. The summed E-state index contributed by atoms with van der Waals surface area (Å²) in [6.45, 7) is 19.9. The Bertz CT molecular complexity index is 1070. The van der Waals surface area contributed by atoms with Gasteiger partial charge in [0.15, 0.2) is 0 Å². The van der Waals surface area contributed by atoms with E-state index >= 15 is 0 Å². The van der Waals surface area contributed by atoms with Gasteiger partial charge in [-0.3, -0.25) is 19.2 Å². The number of rotatable bonds is 23. The molecule has 0 aliphatic heterocycles. The molecule has 0 aromatic heterocycles. The maximum atomic E-state index is 13.4. The zero-order valence-corrected chi connectivity index (χ0v) is 29.6. The first-order valence-corrected chi connectivity index (χ1v) is 17.3. The molecule has 0 radical (unpaired) electrons. The quantitative estimate of drug-likeness (QED) is 0.101. The number of carbonyl (C=O) groups is 5. The summed E-state index contributed by atoms with van der Waals surface area (Å²) >= 11 is 0. The minimum absolute atomic E-state index is 0.0892. The number of nitrogens with one attached hydrogen (secondary N) is 4. The van der Waals surface area contributed by atoms with Gasteiger partial charge in [0.2, 0.25) is 11.8 Å². The molecule has 0 saturated carbocycles. The molecule has 4 N–H and O–H groups in total. The van der Waals surface area contributed by atoms with Gasteiger partial charge in [0, 0.05) is 17.7 Å². The van der Waals surface area contributed by atoms with Crippen LogP contribution in [0, 0.1) is 17.8 Å². The van der Waals surface area contributed by atoms with E-state index in [1.54, 1.807) is 24.3 Å². The van der Waals surface area contributed by atoms with E-state index in [1.165, 1.54) is 0 Å². The predicted octanol–water partition coefficient (Wildman–Crippen LogP) is 4.72. The maximum absolute atomic E-state index is 13.4. The van der Waals surface area contributed by atoms with E-state index in [1.807, 2.05) is 41.5 Å². The molecule has 0 fully saturated rings. The lowest BCUT2D eigenvalue weighted by molar-refractivity contribution is -0.131. The van der Waals surface area contributed by atoms with Gasteiger partial charge in [0.05, 0.1) is 6.04 Å². The lowest BCUT2D eigenvalue weighted by Crippen LogP contribution is -2.55. The highest BCUT2D eigenvalue weighted by Crippen LogP contribution is 2.12. The van der Waals surface area contributed by atoms with Crippen molar-refractivity contribution in [2.24, 2.45) is 17.8 Å². The van der Waals surface area contributed by atoms with Crippen molar-refractivity contribution in [2.45, 2.75) is 118 Å². The second kappa shape index (κ2) is 22.3. The predicted molar refractivity (Wildman–Crippen MR) is 185 cm³/mol. The van der Waals surface area contributed by atoms with Crippen molar-refractivity contribution in [3.05, 3.63) is 35.4 Å². The smallest absolute Gasteiger partial charge is 0.251 e. The van der Waals surface area contributed by atoms with Crippen molar-refractivity contribution in [3.63, 3.8) is 0 Å². The molecule has 46 heavy (non-hydrogen) atoms. The fourth-order valence-electron chi connectivity index (χ4n) is 5.36. The molecule has 0 spiro atoms. The Morgan fingerprint density at radius 2 is 1.13 bits per heavy atom. The second-order valence-electron chi connectivity index (χ2n) is 13.6. The number of hydrogen-bond acceptors (Lipinski definition) is 6. The third-order valence-corrected chi connectivity index (χ3v) is 7.56. The fraction of sp³-hybridized carbons (Fsp3) is 0.694. The van der Waals surface area contributed by atoms with Crippen molar-refractivity contribution in [2.75, 3.05) is 26.2 Å². The molecule has 260 valence electrons. The molecule has 1 aromatic rings. The highest BCUT2D eigenvalue weighted by molar-refractivity contribution is 6.00. The van der Waals surface area contributed by atoms with Crippen molar-refractivity contribution < 1.29 is 24.0 Å². The molecule has 0 saturated heterocycles. The summed E-state index contributed by atoms with van der Waals surface area (Å²) in [6.07, 6.45) is 6.16. The van der Waals surface area contributed by atoms with Crippen LogP contribution in [0.15, 0.2) is 24.3 Å². The van der Waals surface area contributed by atoms with Crippen molar-refractivity contribution in [1.29, 1.82) is 0 Å². The van der Waals surface area contributed by atoms with E-state index in [-0.39, 0.29) is 23.7 Å². The highest BCUT2D eigenvalue weighted by Gasteiger charge is 2.29. The fourth-order valence-corrected chi connectivity index (χ4v) is 5.36. The van der Waals surface area contributed by atoms with Crippen molar-refractivity contribution in [1.82, 2.24) is 26.2 Å². The molecule has 0 bridgehead atoms. The monoisotopic (exact) mass is 643 g/mol. The minimum atomic E-state index is -0.874. The van der Waals surface area contributed by atoms with Gasteiger partial charge in [0.25, 0.3) is 11.8 Å². The third kappa shape index (κ3) is 16.3. The first-order chi connectivity index (χ1) is 21.8. The van der Waals surface area contributed by atoms with Crippen LogP contribution in [0.5, 0.6) is 0 Å². The Morgan fingerprint density at radius 1 is 0.652 bits per heavy atom. The van der Waals surface area contributed by atoms with Crippen LogP contribution in [0.1, 0.15) is 121 Å². The molecule has 0 aliphatic rings. The van der Waals surface area contributed by atoms with E-state index in [2.05, 4.69) is 40.0 Å². The van der Waals surface area contributed by atoms with Crippen molar-refractivity contribution >= 4 is 29.9 Å². The van der Waals surface area contributed by atoms with Crippen LogP contribution in [-0.4, -0.2) is 79.1 Å². The number of unbranched alkanes of at least 4 members (excludes halogenated alkanes) is 1. The second-order valence-corrected chi connectivity index (χ2v) is 13.6. The Kier molecular flexibility index (Phi) is 19.7. The average Bonchev–Trinajstić information content (AvgIpc) is 2.99. The molecule has 0 heterocycles. The highest BCUT2D eigenvalue weighted by atomic mass is 16.2. The van der Waals surface area contributed by atoms with Gasteiger partial charge >= 0.3 is 0 Å². The van der Waals surface area contributed by atoms with Gasteiger partial charge in [-0.05, 0) is 107 Å². The van der Waals surface area contributed by atoms with Gasteiger partial charge in [-0.1, -0.05) is 55.4 Å². The first kappa shape index (κ1) is 40.8. The third-order valence-electron chi connectivity index (χ3n) is 7.56. The normalized spacial score (nSPS) is 13.4. The summed E-state index contributed by atoms with van der Waals surface area (Å²) in [7, 11) is 0. The number of hydrogen-bond donors (Lipinski definition) is 4. The van der Waals surface area contributed by atoms with Crippen LogP contribution in [0.4, 0.5) is 0 Å². The van der Waals surface area contributed by atoms with E-state index in [4.69, 9.17) is 0 Å². The molecular formula is C36H61N5O5. The number of nitrogens with zero attached hydrogens (tertiary/aromatic N) is 1. The van der Waals surface area contributed by atoms with Crippen LogP contribution in [-0.2, 0) is 14.4 Å². The summed E-state index contributed by atoms with van der Waals surface area (Å²) in [6, 6.07) is 4.00. The Hall–Kier alpha value is -3.27. The Balaban J connectivity index is 2.82. The molecule has 1 rings (SSSR count). The van der Waals surface area contributed by atoms with Crippen molar-refractivity contribution in [3.8, 4) is 0 Å². The summed E-state index contributed by atoms with van der Waals surface area (Å²) in [5.41, 5.74) is 0.782.